The highest BCUT2D eigenvalue weighted by Crippen LogP contribution is 2.34. The zero-order chi connectivity index (χ0) is 17.5. The fraction of sp³-hybridized carbons (Fsp3) is 0.471. The molecule has 0 bridgehead atoms. The van der Waals surface area contributed by atoms with Crippen molar-refractivity contribution in [3.63, 3.8) is 0 Å². The molecular formula is C17H22Cl3FN2O2. The van der Waals surface area contributed by atoms with Gasteiger partial charge in [0, 0.05) is 18.2 Å². The molecule has 140 valence electrons. The molecule has 0 radical (unpaired) electrons. The summed E-state index contributed by atoms with van der Waals surface area (Å²) in [5.74, 6) is -0.580. The van der Waals surface area contributed by atoms with E-state index in [1.54, 1.807) is 0 Å². The van der Waals surface area contributed by atoms with Crippen LogP contribution in [0.25, 0.3) is 0 Å². The van der Waals surface area contributed by atoms with Gasteiger partial charge in [0.2, 0.25) is 0 Å². The van der Waals surface area contributed by atoms with Gasteiger partial charge >= 0.3 is 0 Å². The van der Waals surface area contributed by atoms with Crippen molar-refractivity contribution in [3.8, 4) is 5.75 Å². The maximum atomic E-state index is 13.3. The molecule has 1 amide bonds. The van der Waals surface area contributed by atoms with Crippen LogP contribution in [0.1, 0.15) is 42.5 Å². The van der Waals surface area contributed by atoms with Gasteiger partial charge in [-0.1, -0.05) is 42.5 Å². The minimum atomic E-state index is -0.510. The third-order valence-corrected chi connectivity index (χ3v) is 4.46. The lowest BCUT2D eigenvalue weighted by Gasteiger charge is -2.23. The van der Waals surface area contributed by atoms with Crippen LogP contribution in [0.15, 0.2) is 24.0 Å². The lowest BCUT2D eigenvalue weighted by atomic mass is 9.95. The van der Waals surface area contributed by atoms with E-state index in [2.05, 4.69) is 5.32 Å². The Hall–Kier alpha value is -1.01. The summed E-state index contributed by atoms with van der Waals surface area (Å²) < 4.78 is 18.6. The molecule has 25 heavy (non-hydrogen) atoms. The molecule has 1 saturated carbocycles. The molecule has 1 fully saturated rings. The first-order valence-electron chi connectivity index (χ1n) is 7.98. The van der Waals surface area contributed by atoms with Crippen LogP contribution in [0.5, 0.6) is 5.75 Å². The molecule has 0 unspecified atom stereocenters. The average molecular weight is 412 g/mol. The number of benzene rings is 1. The van der Waals surface area contributed by atoms with Gasteiger partial charge in [0.25, 0.3) is 5.91 Å². The third-order valence-electron chi connectivity index (χ3n) is 3.89. The van der Waals surface area contributed by atoms with Crippen molar-refractivity contribution in [2.75, 3.05) is 13.2 Å². The first-order valence-corrected chi connectivity index (χ1v) is 8.74. The Bertz CT molecular complexity index is 597. The lowest BCUT2D eigenvalue weighted by molar-refractivity contribution is 0.0927. The van der Waals surface area contributed by atoms with Crippen molar-refractivity contribution >= 4 is 41.5 Å². The van der Waals surface area contributed by atoms with Gasteiger partial charge in [0.05, 0.1) is 10.0 Å². The predicted molar refractivity (Wildman–Crippen MR) is 102 cm³/mol. The van der Waals surface area contributed by atoms with Gasteiger partial charge in [-0.2, -0.15) is 0 Å². The minimum Gasteiger partial charge on any atom is -0.483 e. The SMILES string of the molecule is Cl.NC/C=C(\F)COc1c(Cl)cc(C(=O)NC2CCCCC2)cc1Cl. The van der Waals surface area contributed by atoms with Crippen molar-refractivity contribution in [1.82, 2.24) is 5.32 Å². The Balaban J connectivity index is 0.00000312. The van der Waals surface area contributed by atoms with Crippen molar-refractivity contribution in [1.29, 1.82) is 0 Å². The van der Waals surface area contributed by atoms with Gasteiger partial charge in [-0.25, -0.2) is 4.39 Å². The van der Waals surface area contributed by atoms with E-state index in [1.165, 1.54) is 24.6 Å². The number of nitrogens with one attached hydrogen (secondary N) is 1. The maximum Gasteiger partial charge on any atom is 0.251 e. The fourth-order valence-electron chi connectivity index (χ4n) is 2.67. The molecule has 1 aliphatic carbocycles. The summed E-state index contributed by atoms with van der Waals surface area (Å²) in [6, 6.07) is 3.15. The Morgan fingerprint density at radius 2 is 1.88 bits per heavy atom. The summed E-state index contributed by atoms with van der Waals surface area (Å²) in [7, 11) is 0. The standard InChI is InChI=1S/C17H21Cl2FN2O2.ClH/c18-14-8-11(17(23)22-13-4-2-1-3-5-13)9-15(19)16(14)24-10-12(20)6-7-21;/h6,8-9,13H,1-5,7,10,21H2,(H,22,23);1H/b12-6-;. The smallest absolute Gasteiger partial charge is 0.251 e. The highest BCUT2D eigenvalue weighted by atomic mass is 35.5. The molecule has 4 nitrogen and oxygen atoms in total. The molecule has 3 N–H and O–H groups in total. The molecular weight excluding hydrogens is 390 g/mol. The maximum absolute atomic E-state index is 13.3. The number of nitrogens with two attached hydrogens (primary N) is 1. The average Bonchev–Trinajstić information content (AvgIpc) is 2.55. The molecule has 0 aliphatic heterocycles. The van der Waals surface area contributed by atoms with E-state index in [-0.39, 0.29) is 53.3 Å². The van der Waals surface area contributed by atoms with E-state index < -0.39 is 5.83 Å². The van der Waals surface area contributed by atoms with E-state index in [0.717, 1.165) is 25.7 Å². The van der Waals surface area contributed by atoms with Gasteiger partial charge in [-0.05, 0) is 31.1 Å². The molecule has 1 aromatic rings. The molecule has 0 atom stereocenters. The van der Waals surface area contributed by atoms with Crippen molar-refractivity contribution < 1.29 is 13.9 Å². The second-order valence-electron chi connectivity index (χ2n) is 5.75. The number of hydrogen-bond donors (Lipinski definition) is 2. The first kappa shape index (κ1) is 22.0. The van der Waals surface area contributed by atoms with Gasteiger partial charge in [-0.15, -0.1) is 12.4 Å². The van der Waals surface area contributed by atoms with Gasteiger partial charge < -0.3 is 15.8 Å². The number of carbonyl (C=O) groups is 1. The van der Waals surface area contributed by atoms with E-state index in [9.17, 15) is 9.18 Å². The van der Waals surface area contributed by atoms with E-state index in [0.29, 0.717) is 5.56 Å². The summed E-state index contributed by atoms with van der Waals surface area (Å²) in [6.07, 6.45) is 6.64. The van der Waals surface area contributed by atoms with Gasteiger partial charge in [0.1, 0.15) is 12.4 Å². The molecule has 1 aromatic carbocycles. The zero-order valence-corrected chi connectivity index (χ0v) is 16.0. The van der Waals surface area contributed by atoms with Gasteiger partial charge in [-0.3, -0.25) is 4.79 Å². The summed E-state index contributed by atoms with van der Waals surface area (Å²) in [6.45, 7) is -0.235. The van der Waals surface area contributed by atoms with Crippen molar-refractivity contribution in [3.05, 3.63) is 39.6 Å². The lowest BCUT2D eigenvalue weighted by Crippen LogP contribution is -2.36. The van der Waals surface area contributed by atoms with Crippen LogP contribution in [-0.2, 0) is 0 Å². The van der Waals surface area contributed by atoms with Crippen LogP contribution in [-0.4, -0.2) is 25.1 Å². The molecule has 2 rings (SSSR count). The monoisotopic (exact) mass is 410 g/mol. The second kappa shape index (κ2) is 10.9. The zero-order valence-electron chi connectivity index (χ0n) is 13.7. The molecule has 0 aromatic heterocycles. The van der Waals surface area contributed by atoms with Crippen LogP contribution >= 0.6 is 35.6 Å². The molecule has 0 saturated heterocycles. The van der Waals surface area contributed by atoms with Crippen LogP contribution in [0.3, 0.4) is 0 Å². The predicted octanol–water partition coefficient (Wildman–Crippen LogP) is 4.67. The number of ether oxygens (including phenoxy) is 1. The van der Waals surface area contributed by atoms with Crippen LogP contribution < -0.4 is 15.8 Å². The quantitative estimate of drug-likeness (QED) is 0.715. The number of halogens is 4. The Morgan fingerprint density at radius 1 is 1.28 bits per heavy atom. The Labute approximate surface area is 163 Å². The molecule has 0 spiro atoms. The van der Waals surface area contributed by atoms with E-state index >= 15 is 0 Å². The van der Waals surface area contributed by atoms with Crippen LogP contribution in [0.4, 0.5) is 4.39 Å². The summed E-state index contributed by atoms with van der Waals surface area (Å²) >= 11 is 12.3. The van der Waals surface area contributed by atoms with Crippen LogP contribution in [0, 0.1) is 0 Å². The third kappa shape index (κ3) is 6.66. The second-order valence-corrected chi connectivity index (χ2v) is 6.57. The van der Waals surface area contributed by atoms with Crippen molar-refractivity contribution in [2.24, 2.45) is 5.73 Å². The topological polar surface area (TPSA) is 64.3 Å². The van der Waals surface area contributed by atoms with Crippen molar-refractivity contribution in [2.45, 2.75) is 38.1 Å². The molecule has 0 heterocycles. The largest absolute Gasteiger partial charge is 0.483 e. The number of amides is 1. The Morgan fingerprint density at radius 3 is 2.44 bits per heavy atom. The summed E-state index contributed by atoms with van der Waals surface area (Å²) in [4.78, 5) is 12.3. The Kier molecular flexibility index (Phi) is 9.57. The number of carbonyl (C=O) groups excluding carboxylic acids is 1. The van der Waals surface area contributed by atoms with Gasteiger partial charge in [0.15, 0.2) is 5.75 Å². The highest BCUT2D eigenvalue weighted by Gasteiger charge is 2.19. The first-order chi connectivity index (χ1) is 11.5. The summed E-state index contributed by atoms with van der Waals surface area (Å²) in [5.41, 5.74) is 5.58. The fourth-order valence-corrected chi connectivity index (χ4v) is 3.27. The highest BCUT2D eigenvalue weighted by molar-refractivity contribution is 6.37. The number of rotatable bonds is 6. The normalized spacial score (nSPS) is 15.4. The number of hydrogen-bond acceptors (Lipinski definition) is 3. The van der Waals surface area contributed by atoms with Crippen LogP contribution in [0.2, 0.25) is 10.0 Å². The minimum absolute atomic E-state index is 0. The van der Waals surface area contributed by atoms with E-state index in [4.69, 9.17) is 33.7 Å². The van der Waals surface area contributed by atoms with E-state index in [1.807, 2.05) is 0 Å². The summed E-state index contributed by atoms with van der Waals surface area (Å²) in [5, 5.41) is 3.32. The molecule has 1 aliphatic rings. The molecule has 8 heteroatoms.